The Morgan fingerprint density at radius 2 is 1.73 bits per heavy atom. The Kier molecular flexibility index (Phi) is 7.12. The van der Waals surface area contributed by atoms with Gasteiger partial charge >= 0.3 is 11.9 Å². The van der Waals surface area contributed by atoms with Gasteiger partial charge in [-0.3, -0.25) is 9.59 Å². The maximum atomic E-state index is 12.9. The molecule has 2 fully saturated rings. The number of carbonyl (C=O) groups excluding carboxylic acids is 2. The molecular weight excluding hydrogens is 464 g/mol. The Morgan fingerprint density at radius 1 is 1.05 bits per heavy atom. The highest BCUT2D eigenvalue weighted by molar-refractivity contribution is 5.86. The van der Waals surface area contributed by atoms with E-state index in [1.807, 2.05) is 6.08 Å². The molecule has 0 radical (unpaired) electrons. The van der Waals surface area contributed by atoms with Crippen LogP contribution in [0.4, 0.5) is 0 Å². The number of allylic oxidation sites excluding steroid dienone is 2. The molecule has 2 saturated carbocycles. The van der Waals surface area contributed by atoms with Crippen LogP contribution in [0.3, 0.4) is 0 Å². The van der Waals surface area contributed by atoms with Gasteiger partial charge in [0.1, 0.15) is 11.9 Å². The molecule has 4 rings (SSSR count). The summed E-state index contributed by atoms with van der Waals surface area (Å²) in [7, 11) is 0. The van der Waals surface area contributed by atoms with Gasteiger partial charge in [0.05, 0.1) is 0 Å². The fourth-order valence-corrected chi connectivity index (χ4v) is 9.63. The molecule has 0 saturated heterocycles. The van der Waals surface area contributed by atoms with Crippen molar-refractivity contribution in [1.29, 1.82) is 0 Å². The van der Waals surface area contributed by atoms with E-state index in [0.29, 0.717) is 35.5 Å². The molecule has 0 aromatic rings. The Hall–Kier alpha value is -1.91. The number of ether oxygens (including phenoxy) is 1. The lowest BCUT2D eigenvalue weighted by Gasteiger charge is -2.62. The van der Waals surface area contributed by atoms with E-state index < -0.39 is 5.97 Å². The van der Waals surface area contributed by atoms with Gasteiger partial charge in [0, 0.05) is 36.2 Å². The van der Waals surface area contributed by atoms with E-state index in [0.717, 1.165) is 51.4 Å². The summed E-state index contributed by atoms with van der Waals surface area (Å²) in [6.45, 7) is 17.0. The highest BCUT2D eigenvalue weighted by atomic mass is 16.5. The molecule has 5 nitrogen and oxygen atoms in total. The van der Waals surface area contributed by atoms with Crippen LogP contribution in [0.5, 0.6) is 0 Å². The third-order valence-corrected chi connectivity index (χ3v) is 12.0. The van der Waals surface area contributed by atoms with Crippen LogP contribution in [0.25, 0.3) is 0 Å². The van der Waals surface area contributed by atoms with Gasteiger partial charge < -0.3 is 9.84 Å². The van der Waals surface area contributed by atoms with E-state index in [9.17, 15) is 19.5 Å². The lowest BCUT2D eigenvalue weighted by Crippen LogP contribution is -2.58. The van der Waals surface area contributed by atoms with Gasteiger partial charge in [-0.2, -0.15) is 0 Å². The van der Waals surface area contributed by atoms with E-state index in [-0.39, 0.29) is 33.7 Å². The minimum atomic E-state index is -0.855. The van der Waals surface area contributed by atoms with Crippen molar-refractivity contribution in [3.8, 4) is 0 Å². The predicted octanol–water partition coefficient (Wildman–Crippen LogP) is 7.29. The normalized spacial score (nSPS) is 39.9. The van der Waals surface area contributed by atoms with Gasteiger partial charge in [0.2, 0.25) is 0 Å². The van der Waals surface area contributed by atoms with Crippen LogP contribution < -0.4 is 0 Å². The van der Waals surface area contributed by atoms with Crippen molar-refractivity contribution in [2.24, 2.45) is 39.4 Å². The molecule has 0 bridgehead atoms. The maximum Gasteiger partial charge on any atom is 0.330 e. The number of carboxylic acids is 1. The smallest absolute Gasteiger partial charge is 0.330 e. The minimum absolute atomic E-state index is 0.0312. The second kappa shape index (κ2) is 9.38. The number of rotatable bonds is 6. The second-order valence-corrected chi connectivity index (χ2v) is 13.9. The molecule has 5 heteroatoms. The molecule has 4 aliphatic rings. The lowest BCUT2D eigenvalue weighted by atomic mass is 9.43. The molecule has 4 aliphatic carbocycles. The Morgan fingerprint density at radius 3 is 2.35 bits per heavy atom. The third-order valence-electron chi connectivity index (χ3n) is 12.0. The van der Waals surface area contributed by atoms with Crippen LogP contribution >= 0.6 is 0 Å². The molecular formula is C32H48O5. The number of carboxylic acid groups (broad SMARTS) is 1. The molecule has 1 unspecified atom stereocenters. The van der Waals surface area contributed by atoms with Crippen molar-refractivity contribution in [3.05, 3.63) is 22.8 Å². The van der Waals surface area contributed by atoms with Crippen LogP contribution in [0, 0.1) is 39.4 Å². The Labute approximate surface area is 223 Å². The molecule has 0 amide bonds. The van der Waals surface area contributed by atoms with Gasteiger partial charge in [-0.1, -0.05) is 58.8 Å². The predicted molar refractivity (Wildman–Crippen MR) is 145 cm³/mol. The topological polar surface area (TPSA) is 80.7 Å². The first kappa shape index (κ1) is 28.1. The summed E-state index contributed by atoms with van der Waals surface area (Å²) in [5.74, 6) is 0.432. The van der Waals surface area contributed by atoms with Gasteiger partial charge in [0.15, 0.2) is 0 Å². The number of hydrogen-bond acceptors (Lipinski definition) is 4. The van der Waals surface area contributed by atoms with E-state index >= 15 is 0 Å². The lowest BCUT2D eigenvalue weighted by molar-refractivity contribution is -0.166. The number of fused-ring (bicyclic) bond motifs is 4. The molecule has 0 aromatic carbocycles. The minimum Gasteiger partial charge on any atom is -0.478 e. The number of ketones is 1. The summed E-state index contributed by atoms with van der Waals surface area (Å²) in [4.78, 5) is 36.6. The van der Waals surface area contributed by atoms with Gasteiger partial charge in [-0.15, -0.1) is 0 Å². The quantitative estimate of drug-likeness (QED) is 0.229. The number of hydrogen-bond donors (Lipinski definition) is 1. The van der Waals surface area contributed by atoms with Crippen molar-refractivity contribution in [2.75, 3.05) is 0 Å². The first-order valence-corrected chi connectivity index (χ1v) is 14.4. The summed E-state index contributed by atoms with van der Waals surface area (Å²) in [5, 5.41) is 9.23. The maximum absolute atomic E-state index is 12.9. The van der Waals surface area contributed by atoms with Crippen LogP contribution in [0.2, 0.25) is 0 Å². The number of aliphatic carboxylic acids is 1. The average molecular weight is 513 g/mol. The largest absolute Gasteiger partial charge is 0.478 e. The summed E-state index contributed by atoms with van der Waals surface area (Å²) in [5.41, 5.74) is 2.91. The molecule has 37 heavy (non-hydrogen) atoms. The van der Waals surface area contributed by atoms with E-state index in [4.69, 9.17) is 4.74 Å². The fourth-order valence-electron chi connectivity index (χ4n) is 9.63. The van der Waals surface area contributed by atoms with Crippen molar-refractivity contribution < 1.29 is 24.2 Å². The van der Waals surface area contributed by atoms with Gasteiger partial charge in [-0.25, -0.2) is 4.79 Å². The number of esters is 1. The molecule has 0 spiro atoms. The molecule has 0 aromatic heterocycles. The van der Waals surface area contributed by atoms with Crippen molar-refractivity contribution in [3.63, 3.8) is 0 Å². The van der Waals surface area contributed by atoms with Crippen LogP contribution in [0.1, 0.15) is 113 Å². The Bertz CT molecular complexity index is 1050. The van der Waals surface area contributed by atoms with Crippen molar-refractivity contribution in [2.45, 2.75) is 119 Å². The monoisotopic (exact) mass is 512 g/mol. The highest BCUT2D eigenvalue weighted by Gasteiger charge is 2.67. The summed E-state index contributed by atoms with van der Waals surface area (Å²) in [6, 6.07) is 0. The molecule has 7 atom stereocenters. The van der Waals surface area contributed by atoms with Gasteiger partial charge in [-0.05, 0) is 80.5 Å². The fraction of sp³-hybridized carbons (Fsp3) is 0.781. The first-order valence-electron chi connectivity index (χ1n) is 14.4. The van der Waals surface area contributed by atoms with E-state index in [1.165, 1.54) is 12.5 Å². The zero-order valence-electron chi connectivity index (χ0n) is 24.3. The number of Topliss-reactive ketones (excluding diaryl/α,β-unsaturated/α-hetero) is 1. The summed E-state index contributed by atoms with van der Waals surface area (Å²) < 4.78 is 6.25. The molecule has 0 heterocycles. The summed E-state index contributed by atoms with van der Waals surface area (Å²) in [6.07, 6.45) is 9.90. The standard InChI is InChI=1S/C32H48O5/c1-19(10-9-11-20(2)28(35)36)22-14-17-31(7)23-12-13-25-29(4,5)26(34)15-16-30(25,6)24(23)18-27(32(22,31)8)37-21(3)33/h11,19,22,25,27H,9-10,12-18H2,1-8H3,(H,35,36)/b20-11-/t19-,22-,25?,27+,30-,31+,32+/m1/s1. The van der Waals surface area contributed by atoms with Crippen LogP contribution in [-0.2, 0) is 19.1 Å². The highest BCUT2D eigenvalue weighted by Crippen LogP contribution is 2.72. The van der Waals surface area contributed by atoms with Crippen molar-refractivity contribution >= 4 is 17.7 Å². The average Bonchev–Trinajstić information content (AvgIpc) is 3.09. The second-order valence-electron chi connectivity index (χ2n) is 13.9. The van der Waals surface area contributed by atoms with E-state index in [1.54, 1.807) is 12.5 Å². The summed E-state index contributed by atoms with van der Waals surface area (Å²) >= 11 is 0. The van der Waals surface area contributed by atoms with Gasteiger partial charge in [0.25, 0.3) is 0 Å². The zero-order valence-corrected chi connectivity index (χ0v) is 24.3. The van der Waals surface area contributed by atoms with Crippen LogP contribution in [-0.4, -0.2) is 28.9 Å². The SMILES string of the molecule is CC(=O)O[C@H]1CC2=C(CCC3C(C)(C)C(=O)CC[C@]23C)[C@]2(C)CC[C@H]([C@H](C)CC/C=C(/C)C(=O)O)[C@@]12C. The van der Waals surface area contributed by atoms with Crippen LogP contribution in [0.15, 0.2) is 22.8 Å². The zero-order chi connectivity index (χ0) is 27.6. The Balaban J connectivity index is 1.74. The molecule has 206 valence electrons. The first-order chi connectivity index (χ1) is 17.1. The molecule has 1 N–H and O–H groups in total. The number of carbonyl (C=O) groups is 3. The van der Waals surface area contributed by atoms with E-state index in [2.05, 4.69) is 41.5 Å². The molecule has 0 aliphatic heterocycles. The third kappa shape index (κ3) is 4.14. The van der Waals surface area contributed by atoms with Crippen molar-refractivity contribution in [1.82, 2.24) is 0 Å².